The van der Waals surface area contributed by atoms with Gasteiger partial charge in [-0.2, -0.15) is 0 Å². The summed E-state index contributed by atoms with van der Waals surface area (Å²) >= 11 is 0. The minimum atomic E-state index is -4.52. The van der Waals surface area contributed by atoms with E-state index in [1.54, 1.807) is 6.26 Å². The highest BCUT2D eigenvalue weighted by molar-refractivity contribution is 7.47. The third kappa shape index (κ3) is 38.8. The second kappa shape index (κ2) is 39.7. The summed E-state index contributed by atoms with van der Waals surface area (Å²) in [6.07, 6.45) is 39.7. The molecule has 0 bridgehead atoms. The Kier molecular flexibility index (Phi) is 39.0. The predicted molar refractivity (Wildman–Crippen MR) is 214 cm³/mol. The van der Waals surface area contributed by atoms with Crippen LogP contribution in [0.15, 0.2) is 12.3 Å². The van der Waals surface area contributed by atoms with Gasteiger partial charge in [-0.15, -0.1) is 0 Å². The average molecular weight is 763 g/mol. The van der Waals surface area contributed by atoms with Crippen molar-refractivity contribution in [2.75, 3.05) is 26.4 Å². The van der Waals surface area contributed by atoms with Gasteiger partial charge in [0.05, 0.1) is 26.1 Å². The summed E-state index contributed by atoms with van der Waals surface area (Å²) in [5, 5.41) is 18.3. The Labute approximate surface area is 320 Å². The molecule has 0 aromatic heterocycles. The molecule has 310 valence electrons. The summed E-state index contributed by atoms with van der Waals surface area (Å²) in [4.78, 5) is 22.5. The average Bonchev–Trinajstić information content (AvgIpc) is 3.13. The molecule has 0 rings (SSSR count). The number of hydrogen-bond donors (Lipinski definition) is 3. The lowest BCUT2D eigenvalue weighted by Gasteiger charge is -2.20. The number of phosphoric ester groups is 1. The zero-order valence-corrected chi connectivity index (χ0v) is 34.7. The van der Waals surface area contributed by atoms with Crippen LogP contribution in [0.5, 0.6) is 0 Å². The first kappa shape index (κ1) is 51.0. The van der Waals surface area contributed by atoms with Crippen molar-refractivity contribution in [2.45, 2.75) is 225 Å². The number of hydrogen-bond acceptors (Lipinski definition) is 8. The van der Waals surface area contributed by atoms with Crippen LogP contribution in [0.3, 0.4) is 0 Å². The quantitative estimate of drug-likeness (QED) is 0.0241. The van der Waals surface area contributed by atoms with Gasteiger partial charge in [0.2, 0.25) is 0 Å². The van der Waals surface area contributed by atoms with Crippen molar-refractivity contribution in [3.8, 4) is 0 Å². The van der Waals surface area contributed by atoms with Crippen LogP contribution >= 0.6 is 7.82 Å². The summed E-state index contributed by atoms with van der Waals surface area (Å²) in [5.41, 5.74) is 0. The van der Waals surface area contributed by atoms with Crippen molar-refractivity contribution in [3.63, 3.8) is 0 Å². The van der Waals surface area contributed by atoms with E-state index in [4.69, 9.17) is 23.6 Å². The van der Waals surface area contributed by atoms with E-state index in [-0.39, 0.29) is 13.0 Å². The highest BCUT2D eigenvalue weighted by Crippen LogP contribution is 2.43. The van der Waals surface area contributed by atoms with Gasteiger partial charge in [0, 0.05) is 6.42 Å². The van der Waals surface area contributed by atoms with E-state index in [0.29, 0.717) is 0 Å². The Bertz CT molecular complexity index is 825. The van der Waals surface area contributed by atoms with E-state index in [9.17, 15) is 19.4 Å². The lowest BCUT2D eigenvalue weighted by atomic mass is 10.0. The Morgan fingerprint density at radius 3 is 1.38 bits per heavy atom. The fraction of sp³-hybridized carbons (Fsp3) is 0.929. The van der Waals surface area contributed by atoms with Gasteiger partial charge in [-0.1, -0.05) is 187 Å². The second-order valence-corrected chi connectivity index (χ2v) is 16.3. The first-order valence-corrected chi connectivity index (χ1v) is 23.2. The number of allylic oxidation sites excluding steroid dienone is 1. The van der Waals surface area contributed by atoms with Crippen molar-refractivity contribution in [1.29, 1.82) is 0 Å². The molecule has 0 aromatic carbocycles. The van der Waals surface area contributed by atoms with Crippen molar-refractivity contribution in [1.82, 2.24) is 0 Å². The standard InChI is InChI=1S/C42H83O9P/c1-3-5-7-9-11-13-15-17-18-19-20-21-23-25-27-29-31-33-35-48-38-41(39-50-52(46,47)49-37-40(44)36-43)51-42(45)34-32-30-28-26-24-22-16-14-12-10-8-6-4-2/h33,35,40-41,43-44H,3-32,34,36-39H2,1-2H3,(H,46,47)/b35-33-/t40-,41+/m0/s1. The molecule has 0 radical (unpaired) electrons. The number of esters is 1. The molecular formula is C42H83O9P. The summed E-state index contributed by atoms with van der Waals surface area (Å²) in [5.74, 6) is -0.401. The number of rotatable bonds is 42. The van der Waals surface area contributed by atoms with Crippen LogP contribution in [0, 0.1) is 0 Å². The van der Waals surface area contributed by atoms with Gasteiger partial charge in [0.1, 0.15) is 12.7 Å². The Balaban J connectivity index is 4.17. The molecule has 10 heteroatoms. The predicted octanol–water partition coefficient (Wildman–Crippen LogP) is 12.0. The number of aliphatic hydroxyl groups excluding tert-OH is 2. The third-order valence-corrected chi connectivity index (χ3v) is 10.5. The zero-order valence-electron chi connectivity index (χ0n) is 33.8. The fourth-order valence-corrected chi connectivity index (χ4v) is 6.99. The molecule has 0 aliphatic rings. The van der Waals surface area contributed by atoms with Crippen LogP contribution in [-0.4, -0.2) is 59.7 Å². The van der Waals surface area contributed by atoms with Gasteiger partial charge in [0.25, 0.3) is 0 Å². The van der Waals surface area contributed by atoms with E-state index >= 15 is 0 Å². The van der Waals surface area contributed by atoms with Gasteiger partial charge in [-0.3, -0.25) is 13.8 Å². The molecule has 0 amide bonds. The molecule has 0 aliphatic carbocycles. The largest absolute Gasteiger partial charge is 0.498 e. The van der Waals surface area contributed by atoms with Crippen molar-refractivity contribution >= 4 is 13.8 Å². The SMILES string of the molecule is CCCCCCCCCCCCCCCCCC/C=C\OC[C@H](COP(=O)(O)OC[C@@H](O)CO)OC(=O)CCCCCCCCCCCCCCC. The molecule has 0 fully saturated rings. The van der Waals surface area contributed by atoms with Gasteiger partial charge in [-0.05, 0) is 25.3 Å². The van der Waals surface area contributed by atoms with Crippen molar-refractivity contribution in [2.24, 2.45) is 0 Å². The van der Waals surface area contributed by atoms with Crippen LogP contribution in [0.2, 0.25) is 0 Å². The Morgan fingerprint density at radius 2 is 0.962 bits per heavy atom. The maximum Gasteiger partial charge on any atom is 0.472 e. The van der Waals surface area contributed by atoms with E-state index in [1.807, 2.05) is 6.08 Å². The minimum absolute atomic E-state index is 0.0287. The highest BCUT2D eigenvalue weighted by Gasteiger charge is 2.26. The zero-order chi connectivity index (χ0) is 38.2. The molecule has 1 unspecified atom stereocenters. The lowest BCUT2D eigenvalue weighted by molar-refractivity contribution is -0.153. The minimum Gasteiger partial charge on any atom is -0.498 e. The molecule has 0 aliphatic heterocycles. The molecule has 0 saturated carbocycles. The van der Waals surface area contributed by atoms with E-state index in [0.717, 1.165) is 32.1 Å². The summed E-state index contributed by atoms with van der Waals surface area (Å²) in [7, 11) is -4.52. The van der Waals surface area contributed by atoms with Gasteiger partial charge < -0.3 is 24.6 Å². The van der Waals surface area contributed by atoms with E-state index < -0.39 is 45.8 Å². The maximum atomic E-state index is 12.6. The molecule has 3 N–H and O–H groups in total. The first-order chi connectivity index (χ1) is 25.3. The number of carbonyl (C=O) groups excluding carboxylic acids is 1. The monoisotopic (exact) mass is 763 g/mol. The van der Waals surface area contributed by atoms with Crippen LogP contribution < -0.4 is 0 Å². The molecule has 3 atom stereocenters. The molecule has 0 heterocycles. The van der Waals surface area contributed by atoms with Crippen LogP contribution in [0.25, 0.3) is 0 Å². The smallest absolute Gasteiger partial charge is 0.472 e. The van der Waals surface area contributed by atoms with Gasteiger partial charge in [-0.25, -0.2) is 4.57 Å². The number of unbranched alkanes of at least 4 members (excludes halogenated alkanes) is 28. The first-order valence-electron chi connectivity index (χ1n) is 21.7. The Morgan fingerprint density at radius 1 is 0.577 bits per heavy atom. The van der Waals surface area contributed by atoms with E-state index in [2.05, 4.69) is 13.8 Å². The number of ether oxygens (including phenoxy) is 2. The summed E-state index contributed by atoms with van der Waals surface area (Å²) in [6, 6.07) is 0. The molecule has 0 aromatic rings. The number of carbonyl (C=O) groups is 1. The molecule has 0 spiro atoms. The highest BCUT2D eigenvalue weighted by atomic mass is 31.2. The second-order valence-electron chi connectivity index (χ2n) is 14.8. The number of phosphoric acid groups is 1. The summed E-state index contributed by atoms with van der Waals surface area (Å²) < 4.78 is 33.1. The van der Waals surface area contributed by atoms with Gasteiger partial charge >= 0.3 is 13.8 Å². The number of aliphatic hydroxyl groups is 2. The molecular weight excluding hydrogens is 679 g/mol. The maximum absolute atomic E-state index is 12.6. The Hall–Kier alpha value is -0.960. The normalized spacial score (nSPS) is 14.1. The topological polar surface area (TPSA) is 132 Å². The fourth-order valence-electron chi connectivity index (χ4n) is 6.20. The third-order valence-electron chi connectivity index (χ3n) is 9.55. The van der Waals surface area contributed by atoms with Crippen LogP contribution in [-0.2, 0) is 27.9 Å². The van der Waals surface area contributed by atoms with Crippen molar-refractivity contribution < 1.29 is 43.0 Å². The van der Waals surface area contributed by atoms with Crippen LogP contribution in [0.4, 0.5) is 0 Å². The summed E-state index contributed by atoms with van der Waals surface area (Å²) in [6.45, 7) is 2.91. The van der Waals surface area contributed by atoms with E-state index in [1.165, 1.54) is 161 Å². The lowest BCUT2D eigenvalue weighted by Crippen LogP contribution is -2.28. The van der Waals surface area contributed by atoms with Crippen LogP contribution in [0.1, 0.15) is 213 Å². The molecule has 9 nitrogen and oxygen atoms in total. The van der Waals surface area contributed by atoms with Crippen molar-refractivity contribution in [3.05, 3.63) is 12.3 Å². The molecule has 52 heavy (non-hydrogen) atoms. The molecule has 0 saturated heterocycles. The van der Waals surface area contributed by atoms with Gasteiger partial charge in [0.15, 0.2) is 6.10 Å².